The van der Waals surface area contributed by atoms with Crippen molar-refractivity contribution in [3.05, 3.63) is 0 Å². The average molecular weight is 125 g/mol. The van der Waals surface area contributed by atoms with Gasteiger partial charge in [-0.25, -0.2) is 0 Å². The molecule has 0 aliphatic carbocycles. The van der Waals surface area contributed by atoms with Gasteiger partial charge in [0, 0.05) is 5.92 Å². The first-order chi connectivity index (χ1) is 3.63. The Morgan fingerprint density at radius 1 is 1.25 bits per heavy atom. The summed E-state index contributed by atoms with van der Waals surface area (Å²) >= 11 is 0. The Balaban J connectivity index is 3.50. The summed E-state index contributed by atoms with van der Waals surface area (Å²) in [5.41, 5.74) is 3.20. The van der Waals surface area contributed by atoms with Gasteiger partial charge in [0.15, 0.2) is 0 Å². The molecule has 0 aromatic carbocycles. The van der Waals surface area contributed by atoms with Crippen LogP contribution in [-0.2, 0) is 0 Å². The second-order valence-corrected chi connectivity index (χ2v) is 4.67. The van der Waals surface area contributed by atoms with Crippen molar-refractivity contribution >= 4 is 8.80 Å². The number of rotatable bonds is 0. The van der Waals surface area contributed by atoms with Crippen molar-refractivity contribution in [3.8, 4) is 11.5 Å². The van der Waals surface area contributed by atoms with Gasteiger partial charge < -0.3 is 0 Å². The average Bonchev–Trinajstić information content (AvgIpc) is 1.61. The Kier molecular flexibility index (Phi) is 3.64. The van der Waals surface area contributed by atoms with Crippen molar-refractivity contribution < 1.29 is 0 Å². The molecule has 0 amide bonds. The maximum atomic E-state index is 3.20. The Hall–Kier alpha value is -0.223. The smallest absolute Gasteiger partial charge is 0.133 e. The molecular weight excluding hydrogens is 112 g/mol. The van der Waals surface area contributed by atoms with Crippen LogP contribution < -0.4 is 0 Å². The highest BCUT2D eigenvalue weighted by Crippen LogP contribution is 1.86. The van der Waals surface area contributed by atoms with E-state index in [2.05, 4.69) is 38.4 Å². The first-order valence-corrected chi connectivity index (χ1v) is 5.44. The van der Waals surface area contributed by atoms with Gasteiger partial charge in [-0.1, -0.05) is 26.9 Å². The molecule has 0 aliphatic rings. The predicted molar refractivity (Wildman–Crippen MR) is 40.1 cm³/mol. The lowest BCUT2D eigenvalue weighted by molar-refractivity contribution is 0.867. The van der Waals surface area contributed by atoms with Gasteiger partial charge in [-0.05, 0) is 0 Å². The number of hydrogen-bond donors (Lipinski definition) is 0. The highest BCUT2D eigenvalue weighted by atomic mass is 28.3. The fourth-order valence-corrected chi connectivity index (χ4v) is 0.866. The molecule has 0 aromatic heterocycles. The monoisotopic (exact) mass is 125 g/mol. The summed E-state index contributed by atoms with van der Waals surface area (Å²) in [5, 5.41) is 0. The summed E-state index contributed by atoms with van der Waals surface area (Å²) in [6.07, 6.45) is 0. The van der Waals surface area contributed by atoms with E-state index in [9.17, 15) is 0 Å². The first-order valence-electron chi connectivity index (χ1n) is 2.94. The molecule has 0 bridgehead atoms. The van der Waals surface area contributed by atoms with Gasteiger partial charge in [0.05, 0.1) is 0 Å². The van der Waals surface area contributed by atoms with E-state index in [-0.39, 0.29) is 8.80 Å². The van der Waals surface area contributed by atoms with Crippen molar-refractivity contribution in [1.29, 1.82) is 0 Å². The second-order valence-electron chi connectivity index (χ2n) is 2.42. The third-order valence-electron chi connectivity index (χ3n) is 0.611. The Bertz CT molecular complexity index is 91.3. The highest BCUT2D eigenvalue weighted by Gasteiger charge is 1.86. The highest BCUT2D eigenvalue weighted by molar-refractivity contribution is 6.64. The first kappa shape index (κ1) is 7.78. The third-order valence-corrected chi connectivity index (χ3v) is 1.26. The quantitative estimate of drug-likeness (QED) is 0.343. The van der Waals surface area contributed by atoms with E-state index in [1.54, 1.807) is 0 Å². The van der Waals surface area contributed by atoms with Crippen molar-refractivity contribution in [3.63, 3.8) is 0 Å². The van der Waals surface area contributed by atoms with Gasteiger partial charge in [0.1, 0.15) is 8.80 Å². The summed E-state index contributed by atoms with van der Waals surface area (Å²) in [4.78, 5) is 0. The molecule has 0 atom stereocenters. The van der Waals surface area contributed by atoms with Crippen molar-refractivity contribution in [2.75, 3.05) is 0 Å². The van der Waals surface area contributed by atoms with Gasteiger partial charge in [-0.2, -0.15) is 0 Å². The van der Waals surface area contributed by atoms with Gasteiger partial charge in [-0.3, -0.25) is 0 Å². The molecule has 0 heterocycles. The zero-order valence-electron chi connectivity index (χ0n) is 6.08. The lowest BCUT2D eigenvalue weighted by Crippen LogP contribution is -1.94. The number of hydrogen-bond acceptors (Lipinski definition) is 0. The molecule has 0 rings (SSSR count). The van der Waals surface area contributed by atoms with E-state index in [0.717, 1.165) is 0 Å². The lowest BCUT2D eigenvalue weighted by atomic mass is 10.2. The molecule has 0 saturated carbocycles. The van der Waals surface area contributed by atoms with Gasteiger partial charge in [0.2, 0.25) is 0 Å². The van der Waals surface area contributed by atoms with Gasteiger partial charge >= 0.3 is 0 Å². The molecule has 0 saturated heterocycles. The SMILES string of the molecule is CC(C)C#C[Si](C)C. The lowest BCUT2D eigenvalue weighted by Gasteiger charge is -1.88. The Labute approximate surface area is 53.9 Å². The van der Waals surface area contributed by atoms with Crippen LogP contribution in [0.1, 0.15) is 13.8 Å². The normalized spacial score (nSPS) is 9.25. The second kappa shape index (κ2) is 3.74. The maximum absolute atomic E-state index is 3.20. The minimum absolute atomic E-state index is 0.291. The Morgan fingerprint density at radius 3 is 1.88 bits per heavy atom. The fraction of sp³-hybridized carbons (Fsp3) is 0.714. The molecule has 1 radical (unpaired) electrons. The van der Waals surface area contributed by atoms with Crippen molar-refractivity contribution in [1.82, 2.24) is 0 Å². The minimum Gasteiger partial charge on any atom is -0.133 e. The van der Waals surface area contributed by atoms with E-state index >= 15 is 0 Å². The van der Waals surface area contributed by atoms with E-state index in [1.807, 2.05) is 0 Å². The Morgan fingerprint density at radius 2 is 1.75 bits per heavy atom. The summed E-state index contributed by atoms with van der Waals surface area (Å²) in [5.74, 6) is 3.69. The van der Waals surface area contributed by atoms with Crippen LogP contribution in [0.25, 0.3) is 0 Å². The van der Waals surface area contributed by atoms with Gasteiger partial charge in [0.25, 0.3) is 0 Å². The molecule has 0 aliphatic heterocycles. The standard InChI is InChI=1S/C7H13Si/c1-7(2)5-6-8(3)4/h7H,1-4H3. The third kappa shape index (κ3) is 5.78. The summed E-state index contributed by atoms with van der Waals surface area (Å²) in [6, 6.07) is 0. The van der Waals surface area contributed by atoms with E-state index < -0.39 is 0 Å². The molecule has 8 heavy (non-hydrogen) atoms. The minimum atomic E-state index is -0.291. The maximum Gasteiger partial charge on any atom is 0.138 e. The molecule has 0 N–H and O–H groups in total. The van der Waals surface area contributed by atoms with Crippen LogP contribution >= 0.6 is 0 Å². The molecule has 0 aromatic rings. The van der Waals surface area contributed by atoms with Crippen LogP contribution in [0.5, 0.6) is 0 Å². The zero-order chi connectivity index (χ0) is 6.57. The molecule has 0 fully saturated rings. The largest absolute Gasteiger partial charge is 0.138 e. The van der Waals surface area contributed by atoms with Crippen LogP contribution in [0.15, 0.2) is 0 Å². The predicted octanol–water partition coefficient (Wildman–Crippen LogP) is 1.94. The van der Waals surface area contributed by atoms with Crippen LogP contribution in [0.2, 0.25) is 13.1 Å². The molecular formula is C7H13Si. The van der Waals surface area contributed by atoms with E-state index in [4.69, 9.17) is 0 Å². The molecule has 1 heteroatoms. The van der Waals surface area contributed by atoms with E-state index in [0.29, 0.717) is 5.92 Å². The van der Waals surface area contributed by atoms with Crippen molar-refractivity contribution in [2.24, 2.45) is 5.92 Å². The van der Waals surface area contributed by atoms with E-state index in [1.165, 1.54) is 0 Å². The molecule has 45 valence electrons. The summed E-state index contributed by atoms with van der Waals surface area (Å²) in [7, 11) is -0.291. The molecule has 0 spiro atoms. The fourth-order valence-electron chi connectivity index (χ4n) is 0.289. The van der Waals surface area contributed by atoms with Crippen LogP contribution in [0.4, 0.5) is 0 Å². The van der Waals surface area contributed by atoms with Crippen LogP contribution in [0.3, 0.4) is 0 Å². The molecule has 0 nitrogen and oxygen atoms in total. The topological polar surface area (TPSA) is 0 Å². The van der Waals surface area contributed by atoms with Gasteiger partial charge in [-0.15, -0.1) is 11.5 Å². The van der Waals surface area contributed by atoms with Crippen LogP contribution in [0, 0.1) is 17.4 Å². The zero-order valence-corrected chi connectivity index (χ0v) is 7.08. The summed E-state index contributed by atoms with van der Waals surface area (Å²) < 4.78 is 0. The van der Waals surface area contributed by atoms with Crippen molar-refractivity contribution in [2.45, 2.75) is 26.9 Å². The summed E-state index contributed by atoms with van der Waals surface area (Å²) in [6.45, 7) is 8.66. The van der Waals surface area contributed by atoms with Crippen LogP contribution in [-0.4, -0.2) is 8.80 Å². The molecule has 0 unspecified atom stereocenters.